The van der Waals surface area contributed by atoms with Gasteiger partial charge in [0.2, 0.25) is 18.6 Å². The van der Waals surface area contributed by atoms with Crippen LogP contribution in [0, 0.1) is 0 Å². The quantitative estimate of drug-likeness (QED) is 0.391. The smallest absolute Gasteiger partial charge is 0.242 e. The van der Waals surface area contributed by atoms with Crippen molar-refractivity contribution < 1.29 is 23.5 Å². The molecule has 2 amide bonds. The fourth-order valence-corrected chi connectivity index (χ4v) is 3.91. The van der Waals surface area contributed by atoms with E-state index < -0.39 is 0 Å². The molecule has 180 valence electrons. The summed E-state index contributed by atoms with van der Waals surface area (Å²) >= 11 is 0. The standard InChI is InChI=1S/C26H36N2O5/c1-4-5-6-7-8-11-25(29)28(20(2)3)18-26(30)27(17-22-10-9-14-31-22)16-21-12-13-23-24(15-21)33-19-32-23/h9-10,12-15,20H,4-8,11,16-19H2,1-3H3. The number of fused-ring (bicyclic) bond motifs is 1. The van der Waals surface area contributed by atoms with Gasteiger partial charge in [-0.1, -0.05) is 38.7 Å². The Morgan fingerprint density at radius 2 is 1.76 bits per heavy atom. The van der Waals surface area contributed by atoms with Crippen molar-refractivity contribution in [3.8, 4) is 11.5 Å². The number of benzene rings is 1. The minimum Gasteiger partial charge on any atom is -0.467 e. The van der Waals surface area contributed by atoms with Crippen molar-refractivity contribution in [1.82, 2.24) is 9.80 Å². The van der Waals surface area contributed by atoms with Crippen molar-refractivity contribution in [1.29, 1.82) is 0 Å². The highest BCUT2D eigenvalue weighted by Gasteiger charge is 2.24. The van der Waals surface area contributed by atoms with Crippen LogP contribution in [0.1, 0.15) is 70.6 Å². The first-order valence-corrected chi connectivity index (χ1v) is 12.0. The lowest BCUT2D eigenvalue weighted by atomic mass is 10.1. The van der Waals surface area contributed by atoms with Crippen molar-refractivity contribution in [2.45, 2.75) is 78.4 Å². The van der Waals surface area contributed by atoms with Gasteiger partial charge in [-0.15, -0.1) is 0 Å². The van der Waals surface area contributed by atoms with Crippen molar-refractivity contribution >= 4 is 11.8 Å². The van der Waals surface area contributed by atoms with E-state index in [0.29, 0.717) is 36.8 Å². The van der Waals surface area contributed by atoms with Crippen LogP contribution in [0.25, 0.3) is 0 Å². The van der Waals surface area contributed by atoms with E-state index in [1.165, 1.54) is 12.8 Å². The van der Waals surface area contributed by atoms with Crippen molar-refractivity contribution in [2.75, 3.05) is 13.3 Å². The molecule has 0 N–H and O–H groups in total. The van der Waals surface area contributed by atoms with E-state index in [4.69, 9.17) is 13.9 Å². The zero-order chi connectivity index (χ0) is 23.6. The van der Waals surface area contributed by atoms with Crippen LogP contribution in [-0.4, -0.2) is 41.0 Å². The SMILES string of the molecule is CCCCCCCC(=O)N(CC(=O)N(Cc1ccc2c(c1)OCO2)Cc1ccco1)C(C)C. The molecule has 1 aromatic heterocycles. The highest BCUT2D eigenvalue weighted by atomic mass is 16.7. The fourth-order valence-electron chi connectivity index (χ4n) is 3.91. The summed E-state index contributed by atoms with van der Waals surface area (Å²) in [5.74, 6) is 2.01. The van der Waals surface area contributed by atoms with Gasteiger partial charge in [-0.25, -0.2) is 0 Å². The molecule has 0 atom stereocenters. The average molecular weight is 457 g/mol. The Hall–Kier alpha value is -2.96. The Kier molecular flexibility index (Phi) is 9.22. The predicted octanol–water partition coefficient (Wildman–Crippen LogP) is 5.13. The van der Waals surface area contributed by atoms with Crippen LogP contribution in [0.4, 0.5) is 0 Å². The van der Waals surface area contributed by atoms with Gasteiger partial charge in [0, 0.05) is 19.0 Å². The average Bonchev–Trinajstić information content (AvgIpc) is 3.48. The molecular formula is C26H36N2O5. The molecule has 1 aliphatic heterocycles. The lowest BCUT2D eigenvalue weighted by Gasteiger charge is -2.30. The van der Waals surface area contributed by atoms with Crippen LogP contribution in [0.2, 0.25) is 0 Å². The topological polar surface area (TPSA) is 72.2 Å². The van der Waals surface area contributed by atoms with E-state index in [2.05, 4.69) is 6.92 Å². The number of carbonyl (C=O) groups is 2. The van der Waals surface area contributed by atoms with E-state index in [1.807, 2.05) is 38.1 Å². The largest absolute Gasteiger partial charge is 0.467 e. The number of unbranched alkanes of at least 4 members (excludes halogenated alkanes) is 4. The Bertz CT molecular complexity index is 894. The van der Waals surface area contributed by atoms with Gasteiger partial charge in [0.15, 0.2) is 11.5 Å². The molecule has 0 saturated heterocycles. The maximum atomic E-state index is 13.4. The molecular weight excluding hydrogens is 420 g/mol. The van der Waals surface area contributed by atoms with Gasteiger partial charge in [-0.2, -0.15) is 0 Å². The summed E-state index contributed by atoms with van der Waals surface area (Å²) in [5.41, 5.74) is 0.928. The Morgan fingerprint density at radius 1 is 0.970 bits per heavy atom. The molecule has 0 aliphatic carbocycles. The lowest BCUT2D eigenvalue weighted by molar-refractivity contribution is -0.143. The predicted molar refractivity (Wildman–Crippen MR) is 126 cm³/mol. The first-order valence-electron chi connectivity index (χ1n) is 12.0. The van der Waals surface area contributed by atoms with Crippen LogP contribution in [0.5, 0.6) is 11.5 Å². The third-order valence-corrected chi connectivity index (χ3v) is 5.83. The Morgan fingerprint density at radius 3 is 2.48 bits per heavy atom. The second-order valence-corrected chi connectivity index (χ2v) is 8.80. The van der Waals surface area contributed by atoms with Gasteiger partial charge in [0.25, 0.3) is 0 Å². The number of amides is 2. The van der Waals surface area contributed by atoms with Crippen molar-refractivity contribution in [3.63, 3.8) is 0 Å². The first kappa shape index (κ1) is 24.7. The zero-order valence-electron chi connectivity index (χ0n) is 20.0. The molecule has 33 heavy (non-hydrogen) atoms. The summed E-state index contributed by atoms with van der Waals surface area (Å²) in [6.45, 7) is 7.06. The molecule has 1 aliphatic rings. The third-order valence-electron chi connectivity index (χ3n) is 5.83. The molecule has 0 spiro atoms. The highest BCUT2D eigenvalue weighted by Crippen LogP contribution is 2.33. The minimum absolute atomic E-state index is 0.0378. The maximum absolute atomic E-state index is 13.4. The number of rotatable bonds is 13. The minimum atomic E-state index is -0.114. The monoisotopic (exact) mass is 456 g/mol. The molecule has 0 bridgehead atoms. The van der Waals surface area contributed by atoms with Crippen LogP contribution < -0.4 is 9.47 Å². The number of hydrogen-bond acceptors (Lipinski definition) is 5. The van der Waals surface area contributed by atoms with E-state index in [-0.39, 0.29) is 31.2 Å². The normalized spacial score (nSPS) is 12.2. The molecule has 2 aromatic rings. The molecule has 7 heteroatoms. The molecule has 0 radical (unpaired) electrons. The summed E-state index contributed by atoms with van der Waals surface area (Å²) in [6.07, 6.45) is 7.52. The molecule has 7 nitrogen and oxygen atoms in total. The number of ether oxygens (including phenoxy) is 2. The van der Waals surface area contributed by atoms with Gasteiger partial charge in [-0.3, -0.25) is 9.59 Å². The van der Waals surface area contributed by atoms with Gasteiger partial charge in [0.1, 0.15) is 5.76 Å². The summed E-state index contributed by atoms with van der Waals surface area (Å²) in [4.78, 5) is 29.7. The second-order valence-electron chi connectivity index (χ2n) is 8.80. The summed E-state index contributed by atoms with van der Waals surface area (Å²) in [7, 11) is 0. The van der Waals surface area contributed by atoms with Crippen LogP contribution >= 0.6 is 0 Å². The number of carbonyl (C=O) groups excluding carboxylic acids is 2. The van der Waals surface area contributed by atoms with E-state index in [9.17, 15) is 9.59 Å². The number of furan rings is 1. The van der Waals surface area contributed by atoms with Crippen LogP contribution in [0.15, 0.2) is 41.0 Å². The third kappa shape index (κ3) is 7.27. The van der Waals surface area contributed by atoms with E-state index >= 15 is 0 Å². The maximum Gasteiger partial charge on any atom is 0.242 e. The van der Waals surface area contributed by atoms with Crippen molar-refractivity contribution in [2.24, 2.45) is 0 Å². The molecule has 1 aromatic carbocycles. The fraction of sp³-hybridized carbons (Fsp3) is 0.538. The van der Waals surface area contributed by atoms with Crippen molar-refractivity contribution in [3.05, 3.63) is 47.9 Å². The van der Waals surface area contributed by atoms with Gasteiger partial charge in [-0.05, 0) is 50.1 Å². The number of nitrogens with zero attached hydrogens (tertiary/aromatic N) is 2. The Balaban J connectivity index is 1.66. The zero-order valence-corrected chi connectivity index (χ0v) is 20.0. The summed E-state index contributed by atoms with van der Waals surface area (Å²) in [6, 6.07) is 9.29. The summed E-state index contributed by atoms with van der Waals surface area (Å²) in [5, 5.41) is 0. The molecule has 0 unspecified atom stereocenters. The molecule has 0 saturated carbocycles. The highest BCUT2D eigenvalue weighted by molar-refractivity contribution is 5.85. The molecule has 3 rings (SSSR count). The van der Waals surface area contributed by atoms with Crippen LogP contribution in [-0.2, 0) is 22.7 Å². The number of hydrogen-bond donors (Lipinski definition) is 0. The molecule has 0 fully saturated rings. The van der Waals surface area contributed by atoms with Gasteiger partial charge in [0.05, 0.1) is 19.4 Å². The summed E-state index contributed by atoms with van der Waals surface area (Å²) < 4.78 is 16.4. The van der Waals surface area contributed by atoms with Crippen LogP contribution in [0.3, 0.4) is 0 Å². The van der Waals surface area contributed by atoms with Gasteiger partial charge < -0.3 is 23.7 Å². The second kappa shape index (κ2) is 12.3. The first-order chi connectivity index (χ1) is 16.0. The van der Waals surface area contributed by atoms with E-state index in [1.54, 1.807) is 22.1 Å². The Labute approximate surface area is 196 Å². The molecule has 2 heterocycles. The lowest BCUT2D eigenvalue weighted by Crippen LogP contribution is -2.45. The van der Waals surface area contributed by atoms with Gasteiger partial charge >= 0.3 is 0 Å². The van der Waals surface area contributed by atoms with E-state index in [0.717, 1.165) is 24.8 Å².